The van der Waals surface area contributed by atoms with E-state index < -0.39 is 0 Å². The lowest BCUT2D eigenvalue weighted by Gasteiger charge is -2.27. The Balaban J connectivity index is 1.76. The van der Waals surface area contributed by atoms with Crippen LogP contribution in [0.4, 0.5) is 0 Å². The molecule has 0 aromatic heterocycles. The van der Waals surface area contributed by atoms with Gasteiger partial charge in [-0.05, 0) is 45.1 Å². The summed E-state index contributed by atoms with van der Waals surface area (Å²) in [5.41, 5.74) is 0. The van der Waals surface area contributed by atoms with Crippen LogP contribution in [-0.4, -0.2) is 50.1 Å². The predicted molar refractivity (Wildman–Crippen MR) is 126 cm³/mol. The van der Waals surface area contributed by atoms with Crippen LogP contribution in [0.3, 0.4) is 0 Å². The highest BCUT2D eigenvalue weighted by Crippen LogP contribution is 2.10. The lowest BCUT2D eigenvalue weighted by atomic mass is 10.1. The lowest BCUT2D eigenvalue weighted by molar-refractivity contribution is -0.121. The van der Waals surface area contributed by atoms with Gasteiger partial charge >= 0.3 is 0 Å². The summed E-state index contributed by atoms with van der Waals surface area (Å²) < 4.78 is 0. The van der Waals surface area contributed by atoms with Crippen LogP contribution in [0.1, 0.15) is 103 Å². The molecular formula is C25H49N3O. The number of unbranched alkanes of at least 4 members (excludes halogenated alkanes) is 11. The van der Waals surface area contributed by atoms with E-state index in [4.69, 9.17) is 0 Å². The summed E-state index contributed by atoms with van der Waals surface area (Å²) in [6.45, 7) is 8.69. The van der Waals surface area contributed by atoms with Crippen LogP contribution >= 0.6 is 0 Å². The number of nitrogens with one attached hydrogen (secondary N) is 2. The maximum absolute atomic E-state index is 11.9. The quantitative estimate of drug-likeness (QED) is 0.221. The summed E-state index contributed by atoms with van der Waals surface area (Å²) in [5, 5.41) is 6.45. The van der Waals surface area contributed by atoms with Gasteiger partial charge < -0.3 is 15.5 Å². The van der Waals surface area contributed by atoms with E-state index in [-0.39, 0.29) is 5.91 Å². The third-order valence-corrected chi connectivity index (χ3v) is 5.85. The largest absolute Gasteiger partial charge is 0.356 e. The van der Waals surface area contributed by atoms with E-state index in [1.165, 1.54) is 77.0 Å². The SMILES string of the molecule is CCCCCCCC/C=C\CCCCCCCC(=O)NCCCN1CCNCC1. The maximum atomic E-state index is 11.9. The fraction of sp³-hybridized carbons (Fsp3) is 0.880. The number of rotatable bonds is 19. The van der Waals surface area contributed by atoms with Crippen LogP contribution in [0, 0.1) is 0 Å². The highest BCUT2D eigenvalue weighted by molar-refractivity contribution is 5.75. The van der Waals surface area contributed by atoms with Gasteiger partial charge in [0.2, 0.25) is 5.91 Å². The Morgan fingerprint density at radius 2 is 1.41 bits per heavy atom. The van der Waals surface area contributed by atoms with Crippen LogP contribution in [0.25, 0.3) is 0 Å². The van der Waals surface area contributed by atoms with E-state index in [9.17, 15) is 4.79 Å². The van der Waals surface area contributed by atoms with Gasteiger partial charge in [0, 0.05) is 39.1 Å². The monoisotopic (exact) mass is 407 g/mol. The molecule has 4 nitrogen and oxygen atoms in total. The van der Waals surface area contributed by atoms with Crippen molar-refractivity contribution in [3.8, 4) is 0 Å². The van der Waals surface area contributed by atoms with Crippen molar-refractivity contribution in [2.45, 2.75) is 103 Å². The van der Waals surface area contributed by atoms with Crippen LogP contribution in [-0.2, 0) is 4.79 Å². The summed E-state index contributed by atoms with van der Waals surface area (Å²) >= 11 is 0. The molecule has 0 radical (unpaired) electrons. The van der Waals surface area contributed by atoms with E-state index >= 15 is 0 Å². The summed E-state index contributed by atoms with van der Waals surface area (Å²) in [6, 6.07) is 0. The molecule has 0 bridgehead atoms. The van der Waals surface area contributed by atoms with Crippen molar-refractivity contribution in [3.63, 3.8) is 0 Å². The Morgan fingerprint density at radius 3 is 2.07 bits per heavy atom. The van der Waals surface area contributed by atoms with Gasteiger partial charge in [0.25, 0.3) is 0 Å². The maximum Gasteiger partial charge on any atom is 0.219 e. The first-order chi connectivity index (χ1) is 14.3. The zero-order valence-corrected chi connectivity index (χ0v) is 19.4. The zero-order chi connectivity index (χ0) is 20.8. The molecule has 4 heteroatoms. The number of hydrogen-bond donors (Lipinski definition) is 2. The molecule has 29 heavy (non-hydrogen) atoms. The number of carbonyl (C=O) groups is 1. The molecule has 1 saturated heterocycles. The molecule has 1 aliphatic heterocycles. The normalized spacial score (nSPS) is 15.2. The Kier molecular flexibility index (Phi) is 18.4. The molecule has 170 valence electrons. The van der Waals surface area contributed by atoms with Gasteiger partial charge in [0.15, 0.2) is 0 Å². The fourth-order valence-electron chi connectivity index (χ4n) is 3.91. The molecule has 0 aliphatic carbocycles. The van der Waals surface area contributed by atoms with Gasteiger partial charge in [-0.3, -0.25) is 4.79 Å². The lowest BCUT2D eigenvalue weighted by Crippen LogP contribution is -2.44. The average molecular weight is 408 g/mol. The van der Waals surface area contributed by atoms with Gasteiger partial charge in [0.1, 0.15) is 0 Å². The van der Waals surface area contributed by atoms with Crippen molar-refractivity contribution in [3.05, 3.63) is 12.2 Å². The van der Waals surface area contributed by atoms with Gasteiger partial charge in [-0.1, -0.05) is 70.4 Å². The average Bonchev–Trinajstić information content (AvgIpc) is 2.75. The highest BCUT2D eigenvalue weighted by Gasteiger charge is 2.08. The molecule has 1 rings (SSSR count). The van der Waals surface area contributed by atoms with E-state index in [0.717, 1.165) is 52.1 Å². The van der Waals surface area contributed by atoms with Crippen molar-refractivity contribution in [2.24, 2.45) is 0 Å². The minimum Gasteiger partial charge on any atom is -0.356 e. The summed E-state index contributed by atoms with van der Waals surface area (Å²) in [6.07, 6.45) is 23.4. The molecular weight excluding hydrogens is 358 g/mol. The van der Waals surface area contributed by atoms with Gasteiger partial charge in [-0.15, -0.1) is 0 Å². The highest BCUT2D eigenvalue weighted by atomic mass is 16.1. The Hall–Kier alpha value is -0.870. The number of amides is 1. The Morgan fingerprint density at radius 1 is 0.828 bits per heavy atom. The molecule has 0 atom stereocenters. The van der Waals surface area contributed by atoms with Crippen molar-refractivity contribution in [1.82, 2.24) is 15.5 Å². The van der Waals surface area contributed by atoms with Gasteiger partial charge in [-0.25, -0.2) is 0 Å². The van der Waals surface area contributed by atoms with Crippen LogP contribution < -0.4 is 10.6 Å². The topological polar surface area (TPSA) is 44.4 Å². The number of carbonyl (C=O) groups excluding carboxylic acids is 1. The summed E-state index contributed by atoms with van der Waals surface area (Å²) in [7, 11) is 0. The second-order valence-corrected chi connectivity index (χ2v) is 8.63. The second-order valence-electron chi connectivity index (χ2n) is 8.63. The molecule has 0 unspecified atom stereocenters. The minimum absolute atomic E-state index is 0.239. The molecule has 1 aliphatic rings. The molecule has 1 fully saturated rings. The van der Waals surface area contributed by atoms with E-state index in [0.29, 0.717) is 6.42 Å². The Labute approximate surface area is 181 Å². The number of allylic oxidation sites excluding steroid dienone is 2. The predicted octanol–water partition coefficient (Wildman–Crippen LogP) is 5.44. The molecule has 0 aromatic carbocycles. The van der Waals surface area contributed by atoms with Crippen LogP contribution in [0.2, 0.25) is 0 Å². The number of piperazine rings is 1. The van der Waals surface area contributed by atoms with E-state index in [1.807, 2.05) is 0 Å². The first kappa shape index (κ1) is 26.2. The van der Waals surface area contributed by atoms with Gasteiger partial charge in [0.05, 0.1) is 0 Å². The third kappa shape index (κ3) is 17.7. The first-order valence-corrected chi connectivity index (χ1v) is 12.7. The van der Waals surface area contributed by atoms with Crippen LogP contribution in [0.15, 0.2) is 12.2 Å². The fourth-order valence-corrected chi connectivity index (χ4v) is 3.91. The number of hydrogen-bond acceptors (Lipinski definition) is 3. The van der Waals surface area contributed by atoms with Gasteiger partial charge in [-0.2, -0.15) is 0 Å². The smallest absolute Gasteiger partial charge is 0.219 e. The second kappa shape index (κ2) is 20.4. The molecule has 1 heterocycles. The van der Waals surface area contributed by atoms with E-state index in [1.54, 1.807) is 0 Å². The molecule has 2 N–H and O–H groups in total. The summed E-state index contributed by atoms with van der Waals surface area (Å²) in [4.78, 5) is 14.4. The van der Waals surface area contributed by atoms with Crippen LogP contribution in [0.5, 0.6) is 0 Å². The zero-order valence-electron chi connectivity index (χ0n) is 19.4. The molecule has 0 saturated carbocycles. The summed E-state index contributed by atoms with van der Waals surface area (Å²) in [5.74, 6) is 0.239. The molecule has 0 aromatic rings. The first-order valence-electron chi connectivity index (χ1n) is 12.7. The molecule has 1 amide bonds. The van der Waals surface area contributed by atoms with Crippen molar-refractivity contribution < 1.29 is 4.79 Å². The van der Waals surface area contributed by atoms with Crippen molar-refractivity contribution >= 4 is 5.91 Å². The van der Waals surface area contributed by atoms with Crippen molar-refractivity contribution in [2.75, 3.05) is 39.3 Å². The standard InChI is InChI=1S/C25H49N3O/c1-2-3-4-5-6-7-8-9-10-11-12-13-14-15-16-18-25(29)27-19-17-22-28-23-20-26-21-24-28/h9-10,26H,2-8,11-24H2,1H3,(H,27,29)/b10-9-. The Bertz CT molecular complexity index is 392. The third-order valence-electron chi connectivity index (χ3n) is 5.85. The van der Waals surface area contributed by atoms with Crippen molar-refractivity contribution in [1.29, 1.82) is 0 Å². The minimum atomic E-state index is 0.239. The molecule has 0 spiro atoms. The number of nitrogens with zero attached hydrogens (tertiary/aromatic N) is 1. The van der Waals surface area contributed by atoms with E-state index in [2.05, 4.69) is 34.6 Å².